The van der Waals surface area contributed by atoms with E-state index < -0.39 is 5.97 Å². The Morgan fingerprint density at radius 2 is 2.00 bits per heavy atom. The summed E-state index contributed by atoms with van der Waals surface area (Å²) in [5, 5.41) is 11.3. The standard InChI is InChI=1S/C35H50N2O5/c1-5-18-36-19-17-35-26-15-16-27(37(22(2)3)31(40)14-10-9-13-24-11-7-6-8-12-24)34(35)42-33-30(41-23(4)38)21-29(39)25(32(33)35)20-28(26)36/h5,21-22,24,26-28,34,39H,1,6-20H2,2-4H3/t26-,27-,28+,34-,35-/m0/s1. The summed E-state index contributed by atoms with van der Waals surface area (Å²) in [4.78, 5) is 30.7. The quantitative estimate of drug-likeness (QED) is 0.152. The second-order valence-electron chi connectivity index (χ2n) is 13.9. The summed E-state index contributed by atoms with van der Waals surface area (Å²) in [6, 6.07) is 1.83. The number of phenols is 1. The van der Waals surface area contributed by atoms with Crippen molar-refractivity contribution in [3.05, 3.63) is 29.8 Å². The molecular formula is C35H50N2O5. The van der Waals surface area contributed by atoms with Gasteiger partial charge >= 0.3 is 5.97 Å². The van der Waals surface area contributed by atoms with Crippen LogP contribution in [-0.4, -0.2) is 64.1 Å². The first-order valence-electron chi connectivity index (χ1n) is 16.7. The minimum Gasteiger partial charge on any atom is -0.508 e. The Kier molecular flexibility index (Phi) is 8.34. The number of amides is 1. The van der Waals surface area contributed by atoms with Crippen molar-refractivity contribution in [1.82, 2.24) is 9.80 Å². The minimum absolute atomic E-state index is 0.0576. The molecule has 1 N–H and O–H groups in total. The molecule has 5 atom stereocenters. The zero-order valence-electron chi connectivity index (χ0n) is 25.9. The Labute approximate surface area is 251 Å². The van der Waals surface area contributed by atoms with Crippen LogP contribution >= 0.6 is 0 Å². The predicted molar refractivity (Wildman–Crippen MR) is 163 cm³/mol. The van der Waals surface area contributed by atoms with E-state index in [2.05, 4.69) is 30.2 Å². The molecule has 2 heterocycles. The molecule has 1 saturated heterocycles. The topological polar surface area (TPSA) is 79.3 Å². The van der Waals surface area contributed by atoms with E-state index in [9.17, 15) is 14.7 Å². The van der Waals surface area contributed by atoms with Crippen molar-refractivity contribution in [3.63, 3.8) is 0 Å². The predicted octanol–water partition coefficient (Wildman–Crippen LogP) is 6.29. The first kappa shape index (κ1) is 29.5. The number of hydrogen-bond acceptors (Lipinski definition) is 6. The van der Waals surface area contributed by atoms with E-state index >= 15 is 0 Å². The molecule has 0 radical (unpaired) electrons. The van der Waals surface area contributed by atoms with Gasteiger partial charge in [0.05, 0.1) is 6.04 Å². The maximum atomic E-state index is 14.0. The molecule has 5 aliphatic rings. The average molecular weight is 579 g/mol. The largest absolute Gasteiger partial charge is 0.508 e. The summed E-state index contributed by atoms with van der Waals surface area (Å²) in [6.07, 6.45) is 16.0. The molecule has 7 nitrogen and oxygen atoms in total. The van der Waals surface area contributed by atoms with Gasteiger partial charge in [-0.15, -0.1) is 6.58 Å². The van der Waals surface area contributed by atoms with Gasteiger partial charge in [0.25, 0.3) is 0 Å². The van der Waals surface area contributed by atoms with Crippen molar-refractivity contribution in [2.24, 2.45) is 11.8 Å². The van der Waals surface area contributed by atoms with E-state index in [-0.39, 0.29) is 41.3 Å². The van der Waals surface area contributed by atoms with Gasteiger partial charge in [-0.05, 0) is 64.3 Å². The Balaban J connectivity index is 1.30. The van der Waals surface area contributed by atoms with Crippen LogP contribution < -0.4 is 9.47 Å². The summed E-state index contributed by atoms with van der Waals surface area (Å²) in [5.41, 5.74) is 1.64. The highest BCUT2D eigenvalue weighted by Gasteiger charge is 2.67. The zero-order valence-corrected chi connectivity index (χ0v) is 25.9. The van der Waals surface area contributed by atoms with Gasteiger partial charge in [-0.3, -0.25) is 14.5 Å². The third-order valence-electron chi connectivity index (χ3n) is 11.3. The van der Waals surface area contributed by atoms with Gasteiger partial charge in [0, 0.05) is 54.6 Å². The first-order valence-corrected chi connectivity index (χ1v) is 16.7. The fourth-order valence-electron chi connectivity index (χ4n) is 9.73. The van der Waals surface area contributed by atoms with E-state index in [0.717, 1.165) is 68.7 Å². The van der Waals surface area contributed by atoms with Gasteiger partial charge in [0.15, 0.2) is 11.5 Å². The van der Waals surface area contributed by atoms with Crippen LogP contribution in [0.15, 0.2) is 18.7 Å². The maximum Gasteiger partial charge on any atom is 0.308 e. The molecule has 42 heavy (non-hydrogen) atoms. The zero-order chi connectivity index (χ0) is 29.6. The SMILES string of the molecule is C=CCN1CC[C@]23c4c5c(O)cc(OC(C)=O)c4O[C@H]2[C@@H](N(C(=O)CCCCC2CCCCC2)C(C)C)CC[C@H]3[C@H]1C5. The van der Waals surface area contributed by atoms with E-state index in [0.29, 0.717) is 23.8 Å². The first-order chi connectivity index (χ1) is 20.3. The van der Waals surface area contributed by atoms with Gasteiger partial charge in [-0.25, -0.2) is 0 Å². The third-order valence-corrected chi connectivity index (χ3v) is 11.3. The molecule has 0 unspecified atom stereocenters. The highest BCUT2D eigenvalue weighted by atomic mass is 16.6. The molecule has 7 heteroatoms. The number of aromatic hydroxyl groups is 1. The van der Waals surface area contributed by atoms with E-state index in [4.69, 9.17) is 9.47 Å². The Bertz CT molecular complexity index is 1210. The average Bonchev–Trinajstić information content (AvgIpc) is 3.30. The molecule has 2 bridgehead atoms. The van der Waals surface area contributed by atoms with E-state index in [1.54, 1.807) is 6.07 Å². The lowest BCUT2D eigenvalue weighted by Crippen LogP contribution is -2.69. The number of carbonyl (C=O) groups is 2. The number of nitrogens with zero attached hydrogens (tertiary/aromatic N) is 2. The van der Waals surface area contributed by atoms with Gasteiger partial charge < -0.3 is 19.5 Å². The lowest BCUT2D eigenvalue weighted by Gasteiger charge is -2.60. The van der Waals surface area contributed by atoms with Crippen LogP contribution in [0.2, 0.25) is 0 Å². The summed E-state index contributed by atoms with van der Waals surface area (Å²) in [6.45, 7) is 11.4. The molecule has 1 aromatic rings. The number of esters is 1. The van der Waals surface area contributed by atoms with Crippen LogP contribution in [0.1, 0.15) is 109 Å². The number of carbonyl (C=O) groups excluding carboxylic acids is 2. The maximum absolute atomic E-state index is 14.0. The number of unbranched alkanes of at least 4 members (excludes halogenated alkanes) is 1. The van der Waals surface area contributed by atoms with Gasteiger partial charge in [0.2, 0.25) is 5.91 Å². The summed E-state index contributed by atoms with van der Waals surface area (Å²) in [5.74, 6) is 2.07. The van der Waals surface area contributed by atoms with Crippen LogP contribution in [0.25, 0.3) is 0 Å². The van der Waals surface area contributed by atoms with Gasteiger partial charge in [-0.1, -0.05) is 51.0 Å². The van der Waals surface area contributed by atoms with Crippen LogP contribution in [0, 0.1) is 11.8 Å². The lowest BCUT2D eigenvalue weighted by atomic mass is 9.50. The monoisotopic (exact) mass is 578 g/mol. The molecule has 6 rings (SSSR count). The summed E-state index contributed by atoms with van der Waals surface area (Å²) < 4.78 is 12.6. The summed E-state index contributed by atoms with van der Waals surface area (Å²) >= 11 is 0. The number of piperidine rings is 1. The number of ether oxygens (including phenoxy) is 2. The molecule has 1 aromatic carbocycles. The third kappa shape index (κ3) is 4.93. The summed E-state index contributed by atoms with van der Waals surface area (Å²) in [7, 11) is 0. The van der Waals surface area contributed by atoms with Crippen molar-refractivity contribution in [2.75, 3.05) is 13.1 Å². The van der Waals surface area contributed by atoms with Crippen molar-refractivity contribution in [3.8, 4) is 17.2 Å². The number of rotatable bonds is 10. The molecule has 0 aromatic heterocycles. The molecule has 230 valence electrons. The molecule has 3 fully saturated rings. The highest BCUT2D eigenvalue weighted by molar-refractivity contribution is 5.77. The smallest absolute Gasteiger partial charge is 0.308 e. The highest BCUT2D eigenvalue weighted by Crippen LogP contribution is 2.65. The molecule has 2 aliphatic heterocycles. The Hall–Kier alpha value is -2.54. The van der Waals surface area contributed by atoms with Crippen molar-refractivity contribution in [1.29, 1.82) is 0 Å². The van der Waals surface area contributed by atoms with Crippen LogP contribution in [0.5, 0.6) is 17.2 Å². The van der Waals surface area contributed by atoms with Crippen molar-refractivity contribution >= 4 is 11.9 Å². The molecule has 1 amide bonds. The molecule has 3 aliphatic carbocycles. The number of likely N-dealkylation sites (tertiary alicyclic amines) is 1. The van der Waals surface area contributed by atoms with Crippen LogP contribution in [0.4, 0.5) is 0 Å². The van der Waals surface area contributed by atoms with E-state index in [1.807, 2.05) is 6.08 Å². The Morgan fingerprint density at radius 3 is 2.71 bits per heavy atom. The number of phenolic OH excluding ortho intramolecular Hbond substituents is 1. The van der Waals surface area contributed by atoms with Gasteiger partial charge in [0.1, 0.15) is 11.9 Å². The fraction of sp³-hybridized carbons (Fsp3) is 0.714. The van der Waals surface area contributed by atoms with Crippen LogP contribution in [0.3, 0.4) is 0 Å². The van der Waals surface area contributed by atoms with Crippen LogP contribution in [-0.2, 0) is 21.4 Å². The van der Waals surface area contributed by atoms with Crippen molar-refractivity contribution < 1.29 is 24.2 Å². The fourth-order valence-corrected chi connectivity index (χ4v) is 9.73. The lowest BCUT2D eigenvalue weighted by molar-refractivity contribution is -0.145. The molecule has 1 spiro atoms. The Morgan fingerprint density at radius 1 is 1.21 bits per heavy atom. The second kappa shape index (κ2) is 11.9. The second-order valence-corrected chi connectivity index (χ2v) is 13.9. The normalized spacial score (nSPS) is 30.0. The van der Waals surface area contributed by atoms with E-state index in [1.165, 1.54) is 45.4 Å². The number of hydrogen-bond donors (Lipinski definition) is 1. The minimum atomic E-state index is -0.434. The molecule has 2 saturated carbocycles. The molecular weight excluding hydrogens is 528 g/mol. The van der Waals surface area contributed by atoms with Crippen molar-refractivity contribution in [2.45, 2.75) is 134 Å². The van der Waals surface area contributed by atoms with Gasteiger partial charge in [-0.2, -0.15) is 0 Å². The number of benzene rings is 1.